The Morgan fingerprint density at radius 1 is 1.05 bits per heavy atom. The molecule has 2 fully saturated rings. The van der Waals surface area contributed by atoms with E-state index in [2.05, 4.69) is 29.2 Å². The second kappa shape index (κ2) is 6.02. The number of hydrogen-bond donors (Lipinski definition) is 0. The second-order valence-electron chi connectivity index (χ2n) is 5.66. The van der Waals surface area contributed by atoms with E-state index < -0.39 is 6.17 Å². The van der Waals surface area contributed by atoms with Gasteiger partial charge >= 0.3 is 0 Å². The first-order valence-electron chi connectivity index (χ1n) is 7.37. The Morgan fingerprint density at radius 2 is 1.79 bits per heavy atom. The fourth-order valence-corrected chi connectivity index (χ4v) is 3.24. The van der Waals surface area contributed by atoms with Crippen LogP contribution in [0.15, 0.2) is 30.3 Å². The van der Waals surface area contributed by atoms with Crippen LogP contribution >= 0.6 is 0 Å². The molecule has 0 saturated carbocycles. The summed E-state index contributed by atoms with van der Waals surface area (Å²) in [6.45, 7) is 2.64. The van der Waals surface area contributed by atoms with E-state index in [9.17, 15) is 4.39 Å². The van der Waals surface area contributed by atoms with Gasteiger partial charge in [-0.25, -0.2) is 4.39 Å². The summed E-state index contributed by atoms with van der Waals surface area (Å²) in [5.41, 5.74) is 1.27. The monoisotopic (exact) mass is 263 g/mol. The smallest absolute Gasteiger partial charge is 0.103 e. The lowest BCUT2D eigenvalue weighted by atomic mass is 9.94. The molecule has 1 aromatic rings. The fraction of sp³-hybridized carbons (Fsp3) is 0.625. The van der Waals surface area contributed by atoms with Gasteiger partial charge in [-0.3, -0.25) is 4.90 Å². The van der Waals surface area contributed by atoms with Gasteiger partial charge < -0.3 is 4.74 Å². The number of ether oxygens (including phenoxy) is 1. The van der Waals surface area contributed by atoms with Crippen LogP contribution in [0.2, 0.25) is 0 Å². The summed E-state index contributed by atoms with van der Waals surface area (Å²) in [7, 11) is 0. The molecule has 3 rings (SSSR count). The summed E-state index contributed by atoms with van der Waals surface area (Å²) in [6, 6.07) is 11.0. The van der Waals surface area contributed by atoms with Crippen molar-refractivity contribution in [3.8, 4) is 0 Å². The molecule has 104 valence electrons. The Hall–Kier alpha value is -0.930. The molecular formula is C16H22FNO. The molecule has 2 aliphatic rings. The molecule has 2 saturated heterocycles. The van der Waals surface area contributed by atoms with E-state index in [1.807, 2.05) is 6.07 Å². The quantitative estimate of drug-likeness (QED) is 0.811. The third-order valence-electron chi connectivity index (χ3n) is 4.40. The highest BCUT2D eigenvalue weighted by Gasteiger charge is 2.30. The van der Waals surface area contributed by atoms with Crippen molar-refractivity contribution in [1.29, 1.82) is 0 Å². The van der Waals surface area contributed by atoms with Gasteiger partial charge in [-0.05, 0) is 31.2 Å². The fourth-order valence-electron chi connectivity index (χ4n) is 3.24. The average Bonchev–Trinajstić information content (AvgIpc) is 2.49. The Morgan fingerprint density at radius 3 is 2.53 bits per heavy atom. The first-order valence-corrected chi connectivity index (χ1v) is 7.37. The maximum absolute atomic E-state index is 13.2. The summed E-state index contributed by atoms with van der Waals surface area (Å²) < 4.78 is 19.1. The molecule has 0 amide bonds. The topological polar surface area (TPSA) is 12.5 Å². The third kappa shape index (κ3) is 3.15. The first kappa shape index (κ1) is 13.1. The molecule has 3 heteroatoms. The van der Waals surface area contributed by atoms with Gasteiger partial charge in [0.1, 0.15) is 6.17 Å². The highest BCUT2D eigenvalue weighted by molar-refractivity contribution is 5.18. The number of alkyl halides is 1. The minimum Gasteiger partial charge on any atom is -0.373 e. The van der Waals surface area contributed by atoms with Crippen LogP contribution in [0.5, 0.6) is 0 Å². The number of likely N-dealkylation sites (tertiary alicyclic amines) is 1. The van der Waals surface area contributed by atoms with Crippen molar-refractivity contribution in [2.45, 2.75) is 44.0 Å². The average molecular weight is 263 g/mol. The molecule has 0 aromatic heterocycles. The molecule has 0 N–H and O–H groups in total. The highest BCUT2D eigenvalue weighted by atomic mass is 19.1. The van der Waals surface area contributed by atoms with Crippen molar-refractivity contribution in [1.82, 2.24) is 4.90 Å². The maximum atomic E-state index is 13.2. The summed E-state index contributed by atoms with van der Waals surface area (Å²) in [6.07, 6.45) is 3.16. The lowest BCUT2D eigenvalue weighted by molar-refractivity contribution is -0.0362. The molecular weight excluding hydrogens is 241 g/mol. The van der Waals surface area contributed by atoms with Crippen LogP contribution in [0.25, 0.3) is 0 Å². The standard InChI is InChI=1S/C16H22FNO/c17-14-6-9-18(10-7-14)15-8-11-19-16(12-15)13-4-2-1-3-5-13/h1-5,14-16H,6-12H2. The van der Waals surface area contributed by atoms with Crippen LogP contribution < -0.4 is 0 Å². The van der Waals surface area contributed by atoms with Gasteiger partial charge in [0.25, 0.3) is 0 Å². The highest BCUT2D eigenvalue weighted by Crippen LogP contribution is 2.31. The van der Waals surface area contributed by atoms with Gasteiger partial charge in [-0.1, -0.05) is 30.3 Å². The third-order valence-corrected chi connectivity index (χ3v) is 4.40. The van der Waals surface area contributed by atoms with Gasteiger partial charge in [0.2, 0.25) is 0 Å². The Labute approximate surface area is 114 Å². The Bertz CT molecular complexity index is 389. The van der Waals surface area contributed by atoms with Gasteiger partial charge in [0.05, 0.1) is 6.10 Å². The molecule has 0 aliphatic carbocycles. The molecule has 2 atom stereocenters. The molecule has 0 radical (unpaired) electrons. The number of rotatable bonds is 2. The largest absolute Gasteiger partial charge is 0.373 e. The zero-order chi connectivity index (χ0) is 13.1. The summed E-state index contributed by atoms with van der Waals surface area (Å²) >= 11 is 0. The lowest BCUT2D eigenvalue weighted by Crippen LogP contribution is -2.45. The number of piperidine rings is 1. The van der Waals surface area contributed by atoms with E-state index in [4.69, 9.17) is 4.74 Å². The van der Waals surface area contributed by atoms with Crippen molar-refractivity contribution in [3.05, 3.63) is 35.9 Å². The normalized spacial score (nSPS) is 30.4. The van der Waals surface area contributed by atoms with E-state index >= 15 is 0 Å². The van der Waals surface area contributed by atoms with E-state index in [0.717, 1.165) is 32.5 Å². The molecule has 2 aliphatic heterocycles. The molecule has 19 heavy (non-hydrogen) atoms. The van der Waals surface area contributed by atoms with Crippen LogP contribution in [-0.2, 0) is 4.74 Å². The zero-order valence-corrected chi connectivity index (χ0v) is 11.3. The van der Waals surface area contributed by atoms with Crippen molar-refractivity contribution in [2.75, 3.05) is 19.7 Å². The van der Waals surface area contributed by atoms with Crippen LogP contribution in [0.1, 0.15) is 37.4 Å². The van der Waals surface area contributed by atoms with Crippen LogP contribution in [-0.4, -0.2) is 36.8 Å². The molecule has 0 bridgehead atoms. The van der Waals surface area contributed by atoms with E-state index in [0.29, 0.717) is 18.9 Å². The predicted octanol–water partition coefficient (Wildman–Crippen LogP) is 3.34. The van der Waals surface area contributed by atoms with E-state index in [1.54, 1.807) is 0 Å². The molecule has 2 nitrogen and oxygen atoms in total. The minimum atomic E-state index is -0.582. The van der Waals surface area contributed by atoms with Crippen molar-refractivity contribution in [3.63, 3.8) is 0 Å². The van der Waals surface area contributed by atoms with Crippen LogP contribution in [0, 0.1) is 0 Å². The van der Waals surface area contributed by atoms with Crippen molar-refractivity contribution < 1.29 is 9.13 Å². The van der Waals surface area contributed by atoms with Gasteiger partial charge in [-0.15, -0.1) is 0 Å². The summed E-state index contributed by atoms with van der Waals surface area (Å²) in [5.74, 6) is 0. The second-order valence-corrected chi connectivity index (χ2v) is 5.66. The number of hydrogen-bond acceptors (Lipinski definition) is 2. The maximum Gasteiger partial charge on any atom is 0.103 e. The Balaban J connectivity index is 1.62. The van der Waals surface area contributed by atoms with Crippen molar-refractivity contribution >= 4 is 0 Å². The molecule has 2 unspecified atom stereocenters. The van der Waals surface area contributed by atoms with Crippen LogP contribution in [0.3, 0.4) is 0 Å². The van der Waals surface area contributed by atoms with E-state index in [-0.39, 0.29) is 6.10 Å². The number of nitrogens with zero attached hydrogens (tertiary/aromatic N) is 1. The SMILES string of the molecule is FC1CCN(C2CCOC(c3ccccc3)C2)CC1. The van der Waals surface area contributed by atoms with Gasteiger partial charge in [-0.2, -0.15) is 0 Å². The molecule has 0 spiro atoms. The number of benzene rings is 1. The number of halogens is 1. The van der Waals surface area contributed by atoms with Crippen molar-refractivity contribution in [2.24, 2.45) is 0 Å². The van der Waals surface area contributed by atoms with Gasteiger partial charge in [0.15, 0.2) is 0 Å². The lowest BCUT2D eigenvalue weighted by Gasteiger charge is -2.40. The Kier molecular flexibility index (Phi) is 4.14. The van der Waals surface area contributed by atoms with Crippen LogP contribution in [0.4, 0.5) is 4.39 Å². The summed E-state index contributed by atoms with van der Waals surface area (Å²) in [5, 5.41) is 0. The molecule has 2 heterocycles. The minimum absolute atomic E-state index is 0.211. The predicted molar refractivity (Wildman–Crippen MR) is 73.9 cm³/mol. The van der Waals surface area contributed by atoms with Gasteiger partial charge in [0, 0.05) is 25.7 Å². The molecule has 1 aromatic carbocycles. The first-order chi connectivity index (χ1) is 9.33. The summed E-state index contributed by atoms with van der Waals surface area (Å²) in [4.78, 5) is 2.47. The van der Waals surface area contributed by atoms with E-state index in [1.165, 1.54) is 5.56 Å². The zero-order valence-electron chi connectivity index (χ0n) is 11.3.